The molecule has 0 amide bonds. The molecule has 0 aliphatic carbocycles. The van der Waals surface area contributed by atoms with E-state index in [4.69, 9.17) is 10.2 Å². The highest BCUT2D eigenvalue weighted by Crippen LogP contribution is 2.21. The largest absolute Gasteiger partial charge is 0.476 e. The summed E-state index contributed by atoms with van der Waals surface area (Å²) in [5.74, 6) is -1.66. The quantitative estimate of drug-likeness (QED) is 0.617. The van der Waals surface area contributed by atoms with Crippen molar-refractivity contribution < 1.29 is 24.5 Å². The van der Waals surface area contributed by atoms with E-state index in [2.05, 4.69) is 10.4 Å². The molecule has 0 aliphatic rings. The van der Waals surface area contributed by atoms with Gasteiger partial charge in [0.15, 0.2) is 5.69 Å². The van der Waals surface area contributed by atoms with Crippen molar-refractivity contribution >= 4 is 11.7 Å². The third-order valence-electron chi connectivity index (χ3n) is 2.75. The fourth-order valence-corrected chi connectivity index (χ4v) is 1.71. The third kappa shape index (κ3) is 3.56. The first-order valence-electron chi connectivity index (χ1n) is 6.13. The van der Waals surface area contributed by atoms with Gasteiger partial charge in [0, 0.05) is 12.7 Å². The van der Waals surface area contributed by atoms with Crippen LogP contribution >= 0.6 is 0 Å². The van der Waals surface area contributed by atoms with Gasteiger partial charge in [0.05, 0.1) is 24.1 Å². The minimum Gasteiger partial charge on any atom is -0.476 e. The van der Waals surface area contributed by atoms with Crippen LogP contribution in [-0.2, 0) is 0 Å². The van der Waals surface area contributed by atoms with E-state index in [9.17, 15) is 14.3 Å². The molecule has 1 aromatic carbocycles. The number of anilines is 1. The summed E-state index contributed by atoms with van der Waals surface area (Å²) in [6.45, 7) is -0.414. The molecule has 0 spiro atoms. The summed E-state index contributed by atoms with van der Waals surface area (Å²) in [6.07, 6.45) is 0.443. The van der Waals surface area contributed by atoms with E-state index in [1.54, 1.807) is 0 Å². The van der Waals surface area contributed by atoms with Crippen molar-refractivity contribution in [2.45, 2.75) is 6.10 Å². The van der Waals surface area contributed by atoms with Gasteiger partial charge in [-0.2, -0.15) is 5.10 Å². The number of carboxylic acid groups (broad SMARTS) is 1. The summed E-state index contributed by atoms with van der Waals surface area (Å²) in [5, 5.41) is 33.6. The predicted octanol–water partition coefficient (Wildman–Crippen LogP) is 0.475. The number of carboxylic acids is 1. The maximum Gasteiger partial charge on any atom is 0.356 e. The molecule has 7 nitrogen and oxygen atoms in total. The van der Waals surface area contributed by atoms with Gasteiger partial charge in [-0.1, -0.05) is 0 Å². The van der Waals surface area contributed by atoms with E-state index >= 15 is 0 Å². The van der Waals surface area contributed by atoms with Crippen LogP contribution in [0.4, 0.5) is 10.1 Å². The van der Waals surface area contributed by atoms with Gasteiger partial charge >= 0.3 is 5.97 Å². The molecule has 0 saturated heterocycles. The zero-order chi connectivity index (χ0) is 15.4. The molecule has 0 fully saturated rings. The summed E-state index contributed by atoms with van der Waals surface area (Å²) in [5.41, 5.74) is 0.609. The minimum atomic E-state index is -1.17. The van der Waals surface area contributed by atoms with Crippen LogP contribution in [0.1, 0.15) is 10.5 Å². The van der Waals surface area contributed by atoms with Crippen LogP contribution in [0.5, 0.6) is 0 Å². The van der Waals surface area contributed by atoms with Crippen LogP contribution in [0.25, 0.3) is 5.69 Å². The van der Waals surface area contributed by atoms with Crippen molar-refractivity contribution in [3.05, 3.63) is 42.0 Å². The van der Waals surface area contributed by atoms with Crippen LogP contribution in [0.3, 0.4) is 0 Å². The lowest BCUT2D eigenvalue weighted by Gasteiger charge is -2.14. The Bertz CT molecular complexity index is 644. The second kappa shape index (κ2) is 6.33. The number of aliphatic hydroxyl groups excluding tert-OH is 2. The zero-order valence-corrected chi connectivity index (χ0v) is 10.9. The van der Waals surface area contributed by atoms with E-state index in [-0.39, 0.29) is 12.2 Å². The van der Waals surface area contributed by atoms with Gasteiger partial charge in [-0.25, -0.2) is 13.9 Å². The van der Waals surface area contributed by atoms with E-state index in [1.165, 1.54) is 35.1 Å². The maximum absolute atomic E-state index is 13.3. The summed E-state index contributed by atoms with van der Waals surface area (Å²) in [6, 6.07) is 5.16. The number of aromatic carboxylic acids is 1. The summed E-state index contributed by atoms with van der Waals surface area (Å²) >= 11 is 0. The Morgan fingerprint density at radius 1 is 1.43 bits per heavy atom. The van der Waals surface area contributed by atoms with Gasteiger partial charge in [0.25, 0.3) is 0 Å². The average Bonchev–Trinajstić information content (AvgIpc) is 2.94. The van der Waals surface area contributed by atoms with Gasteiger partial charge in [-0.15, -0.1) is 0 Å². The Labute approximate surface area is 119 Å². The first-order chi connectivity index (χ1) is 10.0. The predicted molar refractivity (Wildman–Crippen MR) is 72.1 cm³/mol. The monoisotopic (exact) mass is 295 g/mol. The van der Waals surface area contributed by atoms with Gasteiger partial charge in [-0.3, -0.25) is 0 Å². The van der Waals surface area contributed by atoms with Crippen LogP contribution in [0.15, 0.2) is 30.5 Å². The topological polar surface area (TPSA) is 108 Å². The molecule has 1 aromatic heterocycles. The first kappa shape index (κ1) is 14.9. The van der Waals surface area contributed by atoms with Crippen LogP contribution < -0.4 is 5.32 Å². The van der Waals surface area contributed by atoms with Gasteiger partial charge in [0.2, 0.25) is 0 Å². The van der Waals surface area contributed by atoms with E-state index in [0.717, 1.165) is 0 Å². The average molecular weight is 295 g/mol. The minimum absolute atomic E-state index is 0.0139. The first-order valence-corrected chi connectivity index (χ1v) is 6.13. The summed E-state index contributed by atoms with van der Waals surface area (Å²) < 4.78 is 14.6. The molecule has 2 aromatic rings. The number of benzene rings is 1. The number of nitrogens with one attached hydrogen (secondary N) is 1. The van der Waals surface area contributed by atoms with Crippen LogP contribution in [-0.4, -0.2) is 50.3 Å². The second-order valence-electron chi connectivity index (χ2n) is 4.33. The molecule has 0 bridgehead atoms. The number of aliphatic hydroxyl groups is 2. The molecule has 8 heteroatoms. The van der Waals surface area contributed by atoms with Crippen molar-refractivity contribution in [1.82, 2.24) is 9.78 Å². The standard InChI is InChI=1S/C13H14FN3O4/c14-8-1-2-12(11(5-8)15-6-9(19)7-18)17-4-3-10(16-17)13(20)21/h1-5,9,15,18-19H,6-7H2,(H,20,21). The number of carbonyl (C=O) groups is 1. The highest BCUT2D eigenvalue weighted by Gasteiger charge is 2.12. The molecular formula is C13H14FN3O4. The number of hydrogen-bond acceptors (Lipinski definition) is 5. The van der Waals surface area contributed by atoms with Crippen molar-refractivity contribution in [3.63, 3.8) is 0 Å². The molecule has 1 heterocycles. The number of rotatable bonds is 6. The van der Waals surface area contributed by atoms with Crippen LogP contribution in [0.2, 0.25) is 0 Å². The summed E-state index contributed by atoms with van der Waals surface area (Å²) in [7, 11) is 0. The normalized spacial score (nSPS) is 12.1. The maximum atomic E-state index is 13.3. The highest BCUT2D eigenvalue weighted by atomic mass is 19.1. The Morgan fingerprint density at radius 3 is 2.81 bits per heavy atom. The second-order valence-corrected chi connectivity index (χ2v) is 4.33. The van der Waals surface area contributed by atoms with Gasteiger partial charge in [0.1, 0.15) is 5.82 Å². The fraction of sp³-hybridized carbons (Fsp3) is 0.231. The van der Waals surface area contributed by atoms with E-state index in [1.807, 2.05) is 0 Å². The van der Waals surface area contributed by atoms with Crippen LogP contribution in [0, 0.1) is 5.82 Å². The SMILES string of the molecule is O=C(O)c1ccn(-c2ccc(F)cc2NCC(O)CO)n1. The number of nitrogens with zero attached hydrogens (tertiary/aromatic N) is 2. The van der Waals surface area contributed by atoms with Crippen molar-refractivity contribution in [1.29, 1.82) is 0 Å². The van der Waals surface area contributed by atoms with Crippen molar-refractivity contribution in [3.8, 4) is 5.69 Å². The zero-order valence-electron chi connectivity index (χ0n) is 10.9. The Hall–Kier alpha value is -2.45. The Morgan fingerprint density at radius 2 is 2.19 bits per heavy atom. The highest BCUT2D eigenvalue weighted by molar-refractivity contribution is 5.85. The number of halogens is 1. The molecule has 112 valence electrons. The summed E-state index contributed by atoms with van der Waals surface area (Å²) in [4.78, 5) is 10.8. The smallest absolute Gasteiger partial charge is 0.356 e. The third-order valence-corrected chi connectivity index (χ3v) is 2.75. The molecule has 0 aliphatic heterocycles. The molecule has 0 radical (unpaired) electrons. The van der Waals surface area contributed by atoms with Gasteiger partial charge in [-0.05, 0) is 24.3 Å². The lowest BCUT2D eigenvalue weighted by molar-refractivity contribution is 0.0690. The molecule has 1 atom stereocenters. The van der Waals surface area contributed by atoms with E-state index < -0.39 is 24.5 Å². The van der Waals surface area contributed by atoms with E-state index in [0.29, 0.717) is 11.4 Å². The molecule has 21 heavy (non-hydrogen) atoms. The van der Waals surface area contributed by atoms with Crippen molar-refractivity contribution in [2.24, 2.45) is 0 Å². The molecule has 2 rings (SSSR count). The van der Waals surface area contributed by atoms with Crippen molar-refractivity contribution in [2.75, 3.05) is 18.5 Å². The fourth-order valence-electron chi connectivity index (χ4n) is 1.71. The molecule has 0 saturated carbocycles. The number of hydrogen-bond donors (Lipinski definition) is 4. The Kier molecular flexibility index (Phi) is 4.51. The molecule has 4 N–H and O–H groups in total. The van der Waals surface area contributed by atoms with Gasteiger partial charge < -0.3 is 20.6 Å². The number of aromatic nitrogens is 2. The molecule has 1 unspecified atom stereocenters. The lowest BCUT2D eigenvalue weighted by Crippen LogP contribution is -2.23. The molecular weight excluding hydrogens is 281 g/mol. The Balaban J connectivity index is 2.31. The lowest BCUT2D eigenvalue weighted by atomic mass is 10.2.